The van der Waals surface area contributed by atoms with E-state index in [1.165, 1.54) is 25.0 Å². The Kier molecular flexibility index (Phi) is 6.42. The van der Waals surface area contributed by atoms with E-state index in [9.17, 15) is 4.39 Å². The van der Waals surface area contributed by atoms with E-state index in [0.717, 1.165) is 25.2 Å². The summed E-state index contributed by atoms with van der Waals surface area (Å²) in [6.45, 7) is 5.68. The topological polar surface area (TPSA) is 24.5 Å². The van der Waals surface area contributed by atoms with Gasteiger partial charge in [-0.15, -0.1) is 0 Å². The highest BCUT2D eigenvalue weighted by atomic mass is 35.5. The molecule has 1 N–H and O–H groups in total. The third-order valence-electron chi connectivity index (χ3n) is 4.16. The predicted molar refractivity (Wildman–Crippen MR) is 84.3 cm³/mol. The van der Waals surface area contributed by atoms with Gasteiger partial charge in [0.15, 0.2) is 0 Å². The first-order valence-electron chi connectivity index (χ1n) is 7.53. The lowest BCUT2D eigenvalue weighted by Gasteiger charge is -2.32. The van der Waals surface area contributed by atoms with Crippen molar-refractivity contribution >= 4 is 11.6 Å². The molecule has 1 saturated heterocycles. The number of ether oxygens (including phenoxy) is 1. The van der Waals surface area contributed by atoms with Gasteiger partial charge in [0.25, 0.3) is 0 Å². The van der Waals surface area contributed by atoms with Gasteiger partial charge in [0, 0.05) is 37.3 Å². The molecule has 5 heteroatoms. The highest BCUT2D eigenvalue weighted by molar-refractivity contribution is 6.31. The van der Waals surface area contributed by atoms with Crippen LogP contribution in [0.25, 0.3) is 0 Å². The number of hydrogen-bond acceptors (Lipinski definition) is 3. The monoisotopic (exact) mass is 314 g/mol. The van der Waals surface area contributed by atoms with Gasteiger partial charge < -0.3 is 10.1 Å². The average Bonchev–Trinajstić information content (AvgIpc) is 2.95. The third-order valence-corrected chi connectivity index (χ3v) is 4.49. The van der Waals surface area contributed by atoms with Crippen molar-refractivity contribution in [2.24, 2.45) is 0 Å². The van der Waals surface area contributed by atoms with Gasteiger partial charge in [-0.25, -0.2) is 4.39 Å². The quantitative estimate of drug-likeness (QED) is 0.836. The molecular weight excluding hydrogens is 291 g/mol. The van der Waals surface area contributed by atoms with E-state index in [4.69, 9.17) is 16.3 Å². The molecule has 0 aliphatic carbocycles. The van der Waals surface area contributed by atoms with E-state index in [-0.39, 0.29) is 11.9 Å². The van der Waals surface area contributed by atoms with Gasteiger partial charge in [-0.1, -0.05) is 17.7 Å². The molecule has 0 aromatic heterocycles. The second-order valence-electron chi connectivity index (χ2n) is 5.62. The lowest BCUT2D eigenvalue weighted by Crippen LogP contribution is -2.40. The Hall–Kier alpha value is -0.680. The molecule has 2 rings (SSSR count). The van der Waals surface area contributed by atoms with Gasteiger partial charge in [0.2, 0.25) is 0 Å². The summed E-state index contributed by atoms with van der Waals surface area (Å²) in [4.78, 5) is 2.35. The molecule has 0 amide bonds. The zero-order valence-electron chi connectivity index (χ0n) is 12.7. The Morgan fingerprint density at radius 2 is 2.33 bits per heavy atom. The summed E-state index contributed by atoms with van der Waals surface area (Å²) in [5.41, 5.74) is 0.965. The SMILES string of the molecule is COCCN(CC1CCCN1)C(C)c1ccc(F)cc1Cl. The minimum atomic E-state index is -0.295. The van der Waals surface area contributed by atoms with Crippen molar-refractivity contribution in [1.29, 1.82) is 0 Å². The molecule has 1 heterocycles. The van der Waals surface area contributed by atoms with E-state index >= 15 is 0 Å². The van der Waals surface area contributed by atoms with Crippen LogP contribution in [0.2, 0.25) is 5.02 Å². The van der Waals surface area contributed by atoms with E-state index in [0.29, 0.717) is 17.7 Å². The molecule has 0 bridgehead atoms. The fourth-order valence-corrected chi connectivity index (χ4v) is 3.21. The maximum Gasteiger partial charge on any atom is 0.124 e. The summed E-state index contributed by atoms with van der Waals surface area (Å²) >= 11 is 6.21. The second-order valence-corrected chi connectivity index (χ2v) is 6.03. The van der Waals surface area contributed by atoms with Crippen LogP contribution in [0.5, 0.6) is 0 Å². The molecule has 2 atom stereocenters. The summed E-state index contributed by atoms with van der Waals surface area (Å²) in [7, 11) is 1.71. The molecule has 118 valence electrons. The lowest BCUT2D eigenvalue weighted by atomic mass is 10.1. The molecule has 1 aliphatic heterocycles. The van der Waals surface area contributed by atoms with Crippen molar-refractivity contribution in [3.8, 4) is 0 Å². The van der Waals surface area contributed by atoms with Crippen molar-refractivity contribution < 1.29 is 9.13 Å². The maximum atomic E-state index is 13.2. The van der Waals surface area contributed by atoms with Crippen LogP contribution in [0.1, 0.15) is 31.4 Å². The molecule has 1 aliphatic rings. The zero-order chi connectivity index (χ0) is 15.2. The molecule has 1 fully saturated rings. The van der Waals surface area contributed by atoms with E-state index in [1.807, 2.05) is 0 Å². The molecule has 0 saturated carbocycles. The standard InChI is InChI=1S/C16H24ClFN2O/c1-12(15-6-5-13(18)10-16(15)17)20(8-9-21-2)11-14-4-3-7-19-14/h5-6,10,12,14,19H,3-4,7-9,11H2,1-2H3. The largest absolute Gasteiger partial charge is 0.383 e. The molecule has 0 radical (unpaired) electrons. The van der Waals surface area contributed by atoms with E-state index in [2.05, 4.69) is 17.1 Å². The second kappa shape index (κ2) is 8.08. The van der Waals surface area contributed by atoms with Gasteiger partial charge in [-0.05, 0) is 44.0 Å². The number of nitrogens with one attached hydrogen (secondary N) is 1. The Bertz CT molecular complexity index is 452. The van der Waals surface area contributed by atoms with Gasteiger partial charge in [0.1, 0.15) is 5.82 Å². The summed E-state index contributed by atoms with van der Waals surface area (Å²) < 4.78 is 18.4. The third kappa shape index (κ3) is 4.65. The molecule has 1 aromatic rings. The first-order valence-corrected chi connectivity index (χ1v) is 7.91. The minimum absolute atomic E-state index is 0.135. The lowest BCUT2D eigenvalue weighted by molar-refractivity contribution is 0.118. The van der Waals surface area contributed by atoms with Crippen molar-refractivity contribution in [1.82, 2.24) is 10.2 Å². The highest BCUT2D eigenvalue weighted by Gasteiger charge is 2.23. The van der Waals surface area contributed by atoms with Gasteiger partial charge in [-0.3, -0.25) is 4.90 Å². The Balaban J connectivity index is 2.09. The van der Waals surface area contributed by atoms with Crippen LogP contribution in [0.3, 0.4) is 0 Å². The van der Waals surface area contributed by atoms with Crippen molar-refractivity contribution in [2.75, 3.05) is 33.4 Å². The highest BCUT2D eigenvalue weighted by Crippen LogP contribution is 2.28. The number of methoxy groups -OCH3 is 1. The van der Waals surface area contributed by atoms with Crippen molar-refractivity contribution in [3.63, 3.8) is 0 Å². The Morgan fingerprint density at radius 3 is 2.95 bits per heavy atom. The Morgan fingerprint density at radius 1 is 1.52 bits per heavy atom. The summed E-state index contributed by atoms with van der Waals surface area (Å²) in [6, 6.07) is 5.29. The molecule has 0 spiro atoms. The maximum absolute atomic E-state index is 13.2. The molecule has 1 aromatic carbocycles. The first-order chi connectivity index (χ1) is 10.1. The van der Waals surface area contributed by atoms with Crippen LogP contribution in [0.15, 0.2) is 18.2 Å². The summed E-state index contributed by atoms with van der Waals surface area (Å²) in [6.07, 6.45) is 2.43. The van der Waals surface area contributed by atoms with Crippen LogP contribution >= 0.6 is 11.6 Å². The van der Waals surface area contributed by atoms with E-state index in [1.54, 1.807) is 13.2 Å². The van der Waals surface area contributed by atoms with Crippen molar-refractivity contribution in [2.45, 2.75) is 31.8 Å². The van der Waals surface area contributed by atoms with Crippen LogP contribution in [-0.2, 0) is 4.74 Å². The molecule has 3 nitrogen and oxygen atoms in total. The summed E-state index contributed by atoms with van der Waals surface area (Å²) in [5.74, 6) is -0.295. The van der Waals surface area contributed by atoms with Crippen LogP contribution in [-0.4, -0.2) is 44.3 Å². The predicted octanol–water partition coefficient (Wildman–Crippen LogP) is 3.24. The minimum Gasteiger partial charge on any atom is -0.383 e. The first kappa shape index (κ1) is 16.7. The number of halogens is 2. The number of nitrogens with zero attached hydrogens (tertiary/aromatic N) is 1. The van der Waals surface area contributed by atoms with Crippen molar-refractivity contribution in [3.05, 3.63) is 34.6 Å². The van der Waals surface area contributed by atoms with Gasteiger partial charge in [-0.2, -0.15) is 0 Å². The number of rotatable bonds is 7. The molecule has 21 heavy (non-hydrogen) atoms. The molecule has 2 unspecified atom stereocenters. The Labute approximate surface area is 131 Å². The zero-order valence-corrected chi connectivity index (χ0v) is 13.5. The van der Waals surface area contributed by atoms with Gasteiger partial charge >= 0.3 is 0 Å². The van der Waals surface area contributed by atoms with Gasteiger partial charge in [0.05, 0.1) is 6.61 Å². The van der Waals surface area contributed by atoms with E-state index < -0.39 is 0 Å². The average molecular weight is 315 g/mol. The van der Waals surface area contributed by atoms with Crippen LogP contribution < -0.4 is 5.32 Å². The van der Waals surface area contributed by atoms with Crippen LogP contribution in [0, 0.1) is 5.82 Å². The number of benzene rings is 1. The fourth-order valence-electron chi connectivity index (χ4n) is 2.88. The normalized spacial score (nSPS) is 20.1. The fraction of sp³-hybridized carbons (Fsp3) is 0.625. The summed E-state index contributed by atoms with van der Waals surface area (Å²) in [5, 5.41) is 4.01. The van der Waals surface area contributed by atoms with Crippen LogP contribution in [0.4, 0.5) is 4.39 Å². The smallest absolute Gasteiger partial charge is 0.124 e. The molecular formula is C16H24ClFN2O. The number of hydrogen-bond donors (Lipinski definition) is 1.